The van der Waals surface area contributed by atoms with Crippen molar-refractivity contribution in [3.05, 3.63) is 88.1 Å². The molecule has 0 aliphatic rings. The third-order valence-electron chi connectivity index (χ3n) is 4.93. The zero-order valence-corrected chi connectivity index (χ0v) is 16.1. The van der Waals surface area contributed by atoms with E-state index in [1.165, 1.54) is 16.0 Å². The molecule has 0 fully saturated rings. The van der Waals surface area contributed by atoms with Gasteiger partial charge in [0.15, 0.2) is 0 Å². The predicted molar refractivity (Wildman–Crippen MR) is 111 cm³/mol. The lowest BCUT2D eigenvalue weighted by molar-refractivity contribution is 0.413. The average Bonchev–Trinajstić information content (AvgIpc) is 3.20. The summed E-state index contributed by atoms with van der Waals surface area (Å²) in [6, 6.07) is 23.7. The summed E-state index contributed by atoms with van der Waals surface area (Å²) in [6.07, 6.45) is 3.26. The highest BCUT2D eigenvalue weighted by molar-refractivity contribution is 7.09. The zero-order valence-electron chi connectivity index (χ0n) is 15.3. The number of rotatable bonds is 9. The standard InChI is InChI=1S/C23H27NOS/c1-25-21-11-9-20(10-12-21)23(19-6-3-2-4-7-19)17-18(13-14-24)16-22-8-5-15-26-22/h2-12,15,18,23H,13-14,16-17,24H2,1H3. The summed E-state index contributed by atoms with van der Waals surface area (Å²) in [7, 11) is 1.71. The first kappa shape index (κ1) is 18.7. The van der Waals surface area contributed by atoms with Crippen molar-refractivity contribution in [2.75, 3.05) is 13.7 Å². The molecule has 0 bridgehead atoms. The Balaban J connectivity index is 1.85. The molecule has 0 saturated heterocycles. The van der Waals surface area contributed by atoms with Crippen molar-refractivity contribution < 1.29 is 4.74 Å². The van der Waals surface area contributed by atoms with Gasteiger partial charge in [0.25, 0.3) is 0 Å². The van der Waals surface area contributed by atoms with Crippen molar-refractivity contribution >= 4 is 11.3 Å². The number of ether oxygens (including phenoxy) is 1. The molecule has 0 radical (unpaired) electrons. The van der Waals surface area contributed by atoms with Crippen LogP contribution in [0.2, 0.25) is 0 Å². The highest BCUT2D eigenvalue weighted by Gasteiger charge is 2.20. The average molecular weight is 366 g/mol. The molecule has 0 aliphatic carbocycles. The number of hydrogen-bond acceptors (Lipinski definition) is 3. The molecule has 3 aromatic rings. The molecule has 1 heterocycles. The van der Waals surface area contributed by atoms with Crippen LogP contribution in [0.4, 0.5) is 0 Å². The number of thiophene rings is 1. The topological polar surface area (TPSA) is 35.2 Å². The van der Waals surface area contributed by atoms with Gasteiger partial charge in [0.2, 0.25) is 0 Å². The molecule has 2 unspecified atom stereocenters. The van der Waals surface area contributed by atoms with Gasteiger partial charge in [-0.05, 0) is 66.4 Å². The monoisotopic (exact) mass is 365 g/mol. The largest absolute Gasteiger partial charge is 0.497 e. The number of benzene rings is 2. The van der Waals surface area contributed by atoms with Gasteiger partial charge in [-0.3, -0.25) is 0 Å². The summed E-state index contributed by atoms with van der Waals surface area (Å²) in [6.45, 7) is 0.736. The highest BCUT2D eigenvalue weighted by Crippen LogP contribution is 2.34. The van der Waals surface area contributed by atoms with Crippen LogP contribution in [0.15, 0.2) is 72.1 Å². The Morgan fingerprint density at radius 2 is 1.65 bits per heavy atom. The Morgan fingerprint density at radius 3 is 2.27 bits per heavy atom. The van der Waals surface area contributed by atoms with Gasteiger partial charge >= 0.3 is 0 Å². The van der Waals surface area contributed by atoms with E-state index in [4.69, 9.17) is 10.5 Å². The Kier molecular flexibility index (Phi) is 6.87. The predicted octanol–water partition coefficient (Wildman–Crippen LogP) is 5.49. The normalized spacial score (nSPS) is 13.3. The van der Waals surface area contributed by atoms with Crippen LogP contribution < -0.4 is 10.5 Å². The lowest BCUT2D eigenvalue weighted by Gasteiger charge is -2.24. The van der Waals surface area contributed by atoms with E-state index in [2.05, 4.69) is 72.1 Å². The van der Waals surface area contributed by atoms with Crippen molar-refractivity contribution in [2.45, 2.75) is 25.2 Å². The van der Waals surface area contributed by atoms with E-state index in [0.29, 0.717) is 11.8 Å². The second kappa shape index (κ2) is 9.56. The maximum absolute atomic E-state index is 5.94. The van der Waals surface area contributed by atoms with Crippen molar-refractivity contribution in [3.63, 3.8) is 0 Å². The summed E-state index contributed by atoms with van der Waals surface area (Å²) < 4.78 is 5.33. The fraction of sp³-hybridized carbons (Fsp3) is 0.304. The summed E-state index contributed by atoms with van der Waals surface area (Å²) in [5, 5.41) is 2.16. The molecule has 136 valence electrons. The van der Waals surface area contributed by atoms with Crippen molar-refractivity contribution in [1.29, 1.82) is 0 Å². The van der Waals surface area contributed by atoms with Crippen LogP contribution in [0, 0.1) is 5.92 Å². The summed E-state index contributed by atoms with van der Waals surface area (Å²) in [5.74, 6) is 1.85. The van der Waals surface area contributed by atoms with Crippen LogP contribution in [-0.2, 0) is 6.42 Å². The van der Waals surface area contributed by atoms with Gasteiger partial charge < -0.3 is 10.5 Å². The second-order valence-corrected chi connectivity index (χ2v) is 7.73. The SMILES string of the molecule is COc1ccc(C(CC(CCN)Cc2cccs2)c2ccccc2)cc1. The second-order valence-electron chi connectivity index (χ2n) is 6.70. The maximum Gasteiger partial charge on any atom is 0.118 e. The summed E-state index contributed by atoms with van der Waals surface area (Å²) in [5.41, 5.74) is 8.64. The van der Waals surface area contributed by atoms with E-state index < -0.39 is 0 Å². The van der Waals surface area contributed by atoms with Gasteiger partial charge in [-0.1, -0.05) is 48.5 Å². The summed E-state index contributed by atoms with van der Waals surface area (Å²) in [4.78, 5) is 1.45. The third kappa shape index (κ3) is 4.96. The van der Waals surface area contributed by atoms with Gasteiger partial charge in [0, 0.05) is 10.8 Å². The molecule has 0 amide bonds. The molecule has 2 N–H and O–H groups in total. The van der Waals surface area contributed by atoms with Gasteiger partial charge in [-0.15, -0.1) is 11.3 Å². The van der Waals surface area contributed by atoms with Crippen LogP contribution in [0.3, 0.4) is 0 Å². The molecule has 2 aromatic carbocycles. The maximum atomic E-state index is 5.94. The third-order valence-corrected chi connectivity index (χ3v) is 5.83. The van der Waals surface area contributed by atoms with E-state index in [0.717, 1.165) is 31.6 Å². The van der Waals surface area contributed by atoms with Crippen LogP contribution in [-0.4, -0.2) is 13.7 Å². The molecule has 1 aromatic heterocycles. The molecule has 2 atom stereocenters. The van der Waals surface area contributed by atoms with Crippen molar-refractivity contribution in [3.8, 4) is 5.75 Å². The number of methoxy groups -OCH3 is 1. The van der Waals surface area contributed by atoms with E-state index in [9.17, 15) is 0 Å². The van der Waals surface area contributed by atoms with Crippen LogP contribution in [0.1, 0.15) is 34.8 Å². The van der Waals surface area contributed by atoms with E-state index in [1.54, 1.807) is 7.11 Å². The Labute approximate surface area is 160 Å². The number of hydrogen-bond donors (Lipinski definition) is 1. The lowest BCUT2D eigenvalue weighted by Crippen LogP contribution is -2.15. The lowest BCUT2D eigenvalue weighted by atomic mass is 9.81. The first-order chi connectivity index (χ1) is 12.8. The minimum Gasteiger partial charge on any atom is -0.497 e. The first-order valence-electron chi connectivity index (χ1n) is 9.21. The molecule has 26 heavy (non-hydrogen) atoms. The Bertz CT molecular complexity index is 753. The minimum atomic E-state index is 0.374. The highest BCUT2D eigenvalue weighted by atomic mass is 32.1. The van der Waals surface area contributed by atoms with Gasteiger partial charge in [-0.2, -0.15) is 0 Å². The molecule has 2 nitrogen and oxygen atoms in total. The minimum absolute atomic E-state index is 0.374. The van der Waals surface area contributed by atoms with E-state index in [1.807, 2.05) is 11.3 Å². The van der Waals surface area contributed by atoms with Crippen LogP contribution in [0.25, 0.3) is 0 Å². The summed E-state index contributed by atoms with van der Waals surface area (Å²) >= 11 is 1.84. The Hall–Kier alpha value is -2.10. The van der Waals surface area contributed by atoms with Gasteiger partial charge in [-0.25, -0.2) is 0 Å². The van der Waals surface area contributed by atoms with E-state index in [-0.39, 0.29) is 0 Å². The quantitative estimate of drug-likeness (QED) is 0.544. The fourth-order valence-electron chi connectivity index (χ4n) is 3.57. The molecule has 3 heteroatoms. The van der Waals surface area contributed by atoms with Crippen LogP contribution >= 0.6 is 11.3 Å². The first-order valence-corrected chi connectivity index (χ1v) is 10.1. The molecule has 0 spiro atoms. The van der Waals surface area contributed by atoms with Gasteiger partial charge in [0.1, 0.15) is 5.75 Å². The molecular weight excluding hydrogens is 338 g/mol. The number of nitrogens with two attached hydrogens (primary N) is 1. The van der Waals surface area contributed by atoms with Gasteiger partial charge in [0.05, 0.1) is 7.11 Å². The molecular formula is C23H27NOS. The molecule has 3 rings (SSSR count). The smallest absolute Gasteiger partial charge is 0.118 e. The van der Waals surface area contributed by atoms with Crippen molar-refractivity contribution in [1.82, 2.24) is 0 Å². The zero-order chi connectivity index (χ0) is 18.2. The van der Waals surface area contributed by atoms with Crippen molar-refractivity contribution in [2.24, 2.45) is 11.7 Å². The van der Waals surface area contributed by atoms with E-state index >= 15 is 0 Å². The fourth-order valence-corrected chi connectivity index (χ4v) is 4.39. The Morgan fingerprint density at radius 1 is 0.923 bits per heavy atom. The molecule has 0 saturated carbocycles. The molecule has 0 aliphatic heterocycles. The van der Waals surface area contributed by atoms with Crippen LogP contribution in [0.5, 0.6) is 5.75 Å².